The first kappa shape index (κ1) is 10.2. The van der Waals surface area contributed by atoms with Gasteiger partial charge in [0.2, 0.25) is 5.91 Å². The number of carbonyl (C=O) groups excluding carboxylic acids is 1. The molecule has 0 aliphatic carbocycles. The second-order valence-corrected chi connectivity index (χ2v) is 4.57. The van der Waals surface area contributed by atoms with Crippen molar-refractivity contribution in [2.45, 2.75) is 32.6 Å². The Hall–Kier alpha value is -1.31. The maximum Gasteiger partial charge on any atom is 0.237 e. The number of likely N-dealkylation sites (N-methyl/N-ethyl adjacent to an activating group) is 1. The smallest absolute Gasteiger partial charge is 0.237 e. The van der Waals surface area contributed by atoms with Gasteiger partial charge in [0.25, 0.3) is 0 Å². The number of rotatable bonds is 1. The lowest BCUT2D eigenvalue weighted by Crippen LogP contribution is -2.35. The highest BCUT2D eigenvalue weighted by Gasteiger charge is 2.44. The molecule has 0 saturated carbocycles. The van der Waals surface area contributed by atoms with Crippen molar-refractivity contribution in [3.63, 3.8) is 0 Å². The lowest BCUT2D eigenvalue weighted by atomic mass is 9.81. The number of benzene rings is 1. The summed E-state index contributed by atoms with van der Waals surface area (Å²) in [5.74, 6) is 0.214. The van der Waals surface area contributed by atoms with Crippen molar-refractivity contribution in [2.75, 3.05) is 11.9 Å². The minimum Gasteiger partial charge on any atom is -0.314 e. The molecule has 0 aromatic heterocycles. The van der Waals surface area contributed by atoms with Gasteiger partial charge in [0.15, 0.2) is 0 Å². The summed E-state index contributed by atoms with van der Waals surface area (Å²) in [6, 6.07) is 6.27. The van der Waals surface area contributed by atoms with E-state index in [9.17, 15) is 4.79 Å². The molecule has 0 spiro atoms. The Kier molecular flexibility index (Phi) is 2.10. The van der Waals surface area contributed by atoms with Crippen LogP contribution < -0.4 is 4.90 Å². The molecule has 2 nitrogen and oxygen atoms in total. The highest BCUT2D eigenvalue weighted by Crippen LogP contribution is 2.43. The maximum atomic E-state index is 12.2. The molecule has 1 aliphatic rings. The molecule has 0 saturated heterocycles. The molecular formula is C13H17NO. The van der Waals surface area contributed by atoms with E-state index in [0.717, 1.165) is 12.1 Å². The van der Waals surface area contributed by atoms with Crippen LogP contribution in [0.3, 0.4) is 0 Å². The molecule has 0 radical (unpaired) electrons. The van der Waals surface area contributed by atoms with Crippen LogP contribution in [0.1, 0.15) is 31.4 Å². The third-order valence-corrected chi connectivity index (χ3v) is 3.59. The van der Waals surface area contributed by atoms with Gasteiger partial charge < -0.3 is 4.90 Å². The molecule has 0 bridgehead atoms. The van der Waals surface area contributed by atoms with Crippen molar-refractivity contribution in [1.82, 2.24) is 0 Å². The highest BCUT2D eigenvalue weighted by atomic mass is 16.2. The van der Waals surface area contributed by atoms with E-state index in [4.69, 9.17) is 0 Å². The Morgan fingerprint density at radius 1 is 1.40 bits per heavy atom. The molecule has 0 N–H and O–H groups in total. The van der Waals surface area contributed by atoms with E-state index in [2.05, 4.69) is 32.0 Å². The molecule has 1 atom stereocenters. The molecule has 1 amide bonds. The summed E-state index contributed by atoms with van der Waals surface area (Å²) in [7, 11) is 1.86. The predicted molar refractivity (Wildman–Crippen MR) is 62.2 cm³/mol. The normalized spacial score (nSPS) is 24.5. The quantitative estimate of drug-likeness (QED) is 0.687. The van der Waals surface area contributed by atoms with Crippen molar-refractivity contribution in [2.24, 2.45) is 0 Å². The first-order chi connectivity index (χ1) is 7.00. The second-order valence-electron chi connectivity index (χ2n) is 4.57. The van der Waals surface area contributed by atoms with Crippen molar-refractivity contribution in [3.8, 4) is 0 Å². The Balaban J connectivity index is 2.66. The van der Waals surface area contributed by atoms with E-state index < -0.39 is 0 Å². The third kappa shape index (κ3) is 1.21. The highest BCUT2D eigenvalue weighted by molar-refractivity contribution is 6.07. The molecule has 1 heterocycles. The zero-order valence-corrected chi connectivity index (χ0v) is 9.79. The minimum absolute atomic E-state index is 0.214. The van der Waals surface area contributed by atoms with Gasteiger partial charge in [-0.25, -0.2) is 0 Å². The molecule has 1 aromatic carbocycles. The van der Waals surface area contributed by atoms with E-state index in [1.165, 1.54) is 11.1 Å². The van der Waals surface area contributed by atoms with Crippen LogP contribution in [0.15, 0.2) is 18.2 Å². The minimum atomic E-state index is -0.322. The van der Waals surface area contributed by atoms with Crippen LogP contribution in [0.25, 0.3) is 0 Å². The van der Waals surface area contributed by atoms with E-state index in [1.54, 1.807) is 4.90 Å². The average Bonchev–Trinajstić information content (AvgIpc) is 2.42. The summed E-state index contributed by atoms with van der Waals surface area (Å²) in [6.45, 7) is 6.16. The van der Waals surface area contributed by atoms with Crippen molar-refractivity contribution in [1.29, 1.82) is 0 Å². The number of hydrogen-bond acceptors (Lipinski definition) is 1. The average molecular weight is 203 g/mol. The molecule has 0 unspecified atom stereocenters. The lowest BCUT2D eigenvalue weighted by Gasteiger charge is -2.20. The number of aryl methyl sites for hydroxylation is 1. The first-order valence-corrected chi connectivity index (χ1v) is 5.40. The van der Waals surface area contributed by atoms with Crippen LogP contribution in [0, 0.1) is 6.92 Å². The predicted octanol–water partition coefficient (Wildman–Crippen LogP) is 2.64. The van der Waals surface area contributed by atoms with Gasteiger partial charge in [-0.05, 0) is 37.5 Å². The SMILES string of the molecule is CC[C@@]1(C)C(=O)N(C)c2cc(C)ccc21. The second kappa shape index (κ2) is 3.09. The summed E-state index contributed by atoms with van der Waals surface area (Å²) in [5, 5.41) is 0. The molecule has 1 aliphatic heterocycles. The third-order valence-electron chi connectivity index (χ3n) is 3.59. The number of anilines is 1. The van der Waals surface area contributed by atoms with Crippen LogP contribution in [-0.4, -0.2) is 13.0 Å². The van der Waals surface area contributed by atoms with Crippen LogP contribution >= 0.6 is 0 Å². The topological polar surface area (TPSA) is 20.3 Å². The van der Waals surface area contributed by atoms with E-state index in [1.807, 2.05) is 14.0 Å². The van der Waals surface area contributed by atoms with Gasteiger partial charge >= 0.3 is 0 Å². The summed E-state index contributed by atoms with van der Waals surface area (Å²) in [6.07, 6.45) is 0.853. The Morgan fingerprint density at radius 2 is 2.07 bits per heavy atom. The zero-order chi connectivity index (χ0) is 11.2. The number of amides is 1. The molecule has 2 heteroatoms. The molecular weight excluding hydrogens is 186 g/mol. The van der Waals surface area contributed by atoms with Crippen molar-refractivity contribution in [3.05, 3.63) is 29.3 Å². The van der Waals surface area contributed by atoms with Gasteiger partial charge in [-0.1, -0.05) is 19.1 Å². The fourth-order valence-corrected chi connectivity index (χ4v) is 2.32. The van der Waals surface area contributed by atoms with E-state index in [-0.39, 0.29) is 11.3 Å². The fourth-order valence-electron chi connectivity index (χ4n) is 2.32. The van der Waals surface area contributed by atoms with Gasteiger partial charge in [0, 0.05) is 12.7 Å². The summed E-state index contributed by atoms with van der Waals surface area (Å²) < 4.78 is 0. The summed E-state index contributed by atoms with van der Waals surface area (Å²) in [4.78, 5) is 13.9. The van der Waals surface area contributed by atoms with Crippen LogP contribution in [-0.2, 0) is 10.2 Å². The molecule has 80 valence electrons. The van der Waals surface area contributed by atoms with E-state index in [0.29, 0.717) is 0 Å². The monoisotopic (exact) mass is 203 g/mol. The van der Waals surface area contributed by atoms with Crippen molar-refractivity contribution < 1.29 is 4.79 Å². The number of nitrogens with zero attached hydrogens (tertiary/aromatic N) is 1. The van der Waals surface area contributed by atoms with Gasteiger partial charge in [0.05, 0.1) is 5.41 Å². The number of carbonyl (C=O) groups is 1. The first-order valence-electron chi connectivity index (χ1n) is 5.40. The van der Waals surface area contributed by atoms with Gasteiger partial charge in [-0.3, -0.25) is 4.79 Å². The Morgan fingerprint density at radius 3 is 2.67 bits per heavy atom. The van der Waals surface area contributed by atoms with Crippen LogP contribution in [0.5, 0.6) is 0 Å². The summed E-state index contributed by atoms with van der Waals surface area (Å²) in [5.41, 5.74) is 3.12. The molecule has 15 heavy (non-hydrogen) atoms. The van der Waals surface area contributed by atoms with Gasteiger partial charge in [-0.2, -0.15) is 0 Å². The zero-order valence-electron chi connectivity index (χ0n) is 9.79. The van der Waals surface area contributed by atoms with Crippen LogP contribution in [0.2, 0.25) is 0 Å². The number of fused-ring (bicyclic) bond motifs is 1. The molecule has 1 aromatic rings. The summed E-state index contributed by atoms with van der Waals surface area (Å²) >= 11 is 0. The van der Waals surface area contributed by atoms with Crippen LogP contribution in [0.4, 0.5) is 5.69 Å². The molecule has 0 fully saturated rings. The lowest BCUT2D eigenvalue weighted by molar-refractivity contribution is -0.122. The molecule has 2 rings (SSSR count). The Labute approximate surface area is 90.9 Å². The maximum absolute atomic E-state index is 12.2. The Bertz CT molecular complexity index is 425. The van der Waals surface area contributed by atoms with E-state index >= 15 is 0 Å². The van der Waals surface area contributed by atoms with Gasteiger partial charge in [0.1, 0.15) is 0 Å². The standard InChI is InChI=1S/C13H17NO/c1-5-13(3)10-7-6-9(2)8-11(10)14(4)12(13)15/h6-8H,5H2,1-4H3/t13-/m1/s1. The fraction of sp³-hybridized carbons (Fsp3) is 0.462. The largest absolute Gasteiger partial charge is 0.314 e. The number of hydrogen-bond donors (Lipinski definition) is 0. The van der Waals surface area contributed by atoms with Gasteiger partial charge in [-0.15, -0.1) is 0 Å². The van der Waals surface area contributed by atoms with Crippen molar-refractivity contribution >= 4 is 11.6 Å².